The van der Waals surface area contributed by atoms with Gasteiger partial charge in [-0.05, 0) is 24.5 Å². The summed E-state index contributed by atoms with van der Waals surface area (Å²) in [5.41, 5.74) is 3.97. The second-order valence-corrected chi connectivity index (χ2v) is 5.92. The van der Waals surface area contributed by atoms with Crippen molar-refractivity contribution < 1.29 is 0 Å². The van der Waals surface area contributed by atoms with Crippen LogP contribution in [0.15, 0.2) is 59.6 Å². The molecule has 2 N–H and O–H groups in total. The van der Waals surface area contributed by atoms with Crippen LogP contribution >= 0.6 is 0 Å². The van der Waals surface area contributed by atoms with Crippen molar-refractivity contribution in [1.29, 1.82) is 0 Å². The number of nitrogens with zero attached hydrogens (tertiary/aromatic N) is 1. The Balaban J connectivity index is 1.51. The molecule has 3 heteroatoms. The third kappa shape index (κ3) is 3.67. The van der Waals surface area contributed by atoms with Crippen molar-refractivity contribution in [1.82, 2.24) is 10.6 Å². The molecule has 0 saturated heterocycles. The molecule has 114 valence electrons. The van der Waals surface area contributed by atoms with Gasteiger partial charge in [0.25, 0.3) is 0 Å². The average Bonchev–Trinajstić information content (AvgIpc) is 3.31. The maximum Gasteiger partial charge on any atom is 0.191 e. The maximum absolute atomic E-state index is 4.33. The van der Waals surface area contributed by atoms with Crippen LogP contribution in [0.4, 0.5) is 0 Å². The molecule has 0 amide bonds. The lowest BCUT2D eigenvalue weighted by atomic mass is 10.1. The van der Waals surface area contributed by atoms with Crippen LogP contribution in [-0.4, -0.2) is 19.0 Å². The van der Waals surface area contributed by atoms with Crippen LogP contribution in [0, 0.1) is 6.92 Å². The van der Waals surface area contributed by atoms with Gasteiger partial charge >= 0.3 is 0 Å². The molecule has 1 aliphatic rings. The van der Waals surface area contributed by atoms with Gasteiger partial charge in [0.15, 0.2) is 5.96 Å². The Morgan fingerprint density at radius 3 is 2.68 bits per heavy atom. The molecule has 1 fully saturated rings. The summed E-state index contributed by atoms with van der Waals surface area (Å²) in [6.07, 6.45) is 1.18. The number of benzene rings is 2. The first-order valence-electron chi connectivity index (χ1n) is 7.84. The van der Waals surface area contributed by atoms with E-state index in [1.54, 1.807) is 0 Å². The van der Waals surface area contributed by atoms with Crippen molar-refractivity contribution in [2.75, 3.05) is 7.05 Å². The van der Waals surface area contributed by atoms with Crippen LogP contribution in [0.2, 0.25) is 0 Å². The fraction of sp³-hybridized carbons (Fsp3) is 0.316. The highest BCUT2D eigenvalue weighted by molar-refractivity contribution is 5.80. The van der Waals surface area contributed by atoms with Crippen LogP contribution in [0.3, 0.4) is 0 Å². The second-order valence-electron chi connectivity index (χ2n) is 5.92. The quantitative estimate of drug-likeness (QED) is 0.671. The molecule has 0 aliphatic heterocycles. The molecule has 22 heavy (non-hydrogen) atoms. The Morgan fingerprint density at radius 1 is 1.14 bits per heavy atom. The molecule has 0 bridgehead atoms. The van der Waals surface area contributed by atoms with E-state index in [2.05, 4.69) is 77.1 Å². The van der Waals surface area contributed by atoms with E-state index in [0.29, 0.717) is 12.0 Å². The largest absolute Gasteiger partial charge is 0.353 e. The summed E-state index contributed by atoms with van der Waals surface area (Å²) in [6.45, 7) is 2.91. The van der Waals surface area contributed by atoms with Gasteiger partial charge in [0.05, 0.1) is 0 Å². The minimum absolute atomic E-state index is 0.492. The number of aryl methyl sites for hydroxylation is 1. The number of rotatable bonds is 4. The number of nitrogens with one attached hydrogen (secondary N) is 2. The van der Waals surface area contributed by atoms with Gasteiger partial charge in [-0.2, -0.15) is 0 Å². The lowest BCUT2D eigenvalue weighted by molar-refractivity contribution is 0.789. The lowest BCUT2D eigenvalue weighted by Gasteiger charge is -2.12. The molecule has 1 saturated carbocycles. The molecule has 2 aromatic carbocycles. The molecule has 0 heterocycles. The van der Waals surface area contributed by atoms with E-state index in [0.717, 1.165) is 12.5 Å². The van der Waals surface area contributed by atoms with Crippen LogP contribution in [0.25, 0.3) is 0 Å². The van der Waals surface area contributed by atoms with E-state index < -0.39 is 0 Å². The van der Waals surface area contributed by atoms with Crippen molar-refractivity contribution in [2.45, 2.75) is 31.8 Å². The minimum atomic E-state index is 0.492. The van der Waals surface area contributed by atoms with Crippen LogP contribution < -0.4 is 10.6 Å². The molecule has 3 rings (SSSR count). The summed E-state index contributed by atoms with van der Waals surface area (Å²) in [7, 11) is 1.82. The van der Waals surface area contributed by atoms with Gasteiger partial charge < -0.3 is 10.6 Å². The maximum atomic E-state index is 4.33. The average molecular weight is 293 g/mol. The van der Waals surface area contributed by atoms with Gasteiger partial charge in [-0.1, -0.05) is 60.2 Å². The standard InChI is InChI=1S/C19H23N3/c1-14-7-6-8-15(11-14)13-21-19(20-2)22-18-12-17(18)16-9-4-3-5-10-16/h3-11,17-18H,12-13H2,1-2H3,(H2,20,21,22). The molecule has 2 atom stereocenters. The zero-order valence-electron chi connectivity index (χ0n) is 13.2. The van der Waals surface area contributed by atoms with Gasteiger partial charge in [-0.15, -0.1) is 0 Å². The fourth-order valence-corrected chi connectivity index (χ4v) is 2.80. The van der Waals surface area contributed by atoms with Crippen LogP contribution in [0.5, 0.6) is 0 Å². The Hall–Kier alpha value is -2.29. The van der Waals surface area contributed by atoms with Crippen LogP contribution in [0.1, 0.15) is 29.0 Å². The van der Waals surface area contributed by atoms with Gasteiger partial charge in [0.1, 0.15) is 0 Å². The van der Waals surface area contributed by atoms with Gasteiger partial charge in [0.2, 0.25) is 0 Å². The summed E-state index contributed by atoms with van der Waals surface area (Å²) in [6, 6.07) is 19.7. The van der Waals surface area contributed by atoms with Crippen molar-refractivity contribution >= 4 is 5.96 Å². The van der Waals surface area contributed by atoms with Crippen molar-refractivity contribution in [3.05, 3.63) is 71.3 Å². The number of aliphatic imine (C=N–C) groups is 1. The minimum Gasteiger partial charge on any atom is -0.353 e. The second kappa shape index (κ2) is 6.65. The molecule has 0 radical (unpaired) electrons. The Labute approximate surface area is 132 Å². The molecule has 0 aromatic heterocycles. The van der Waals surface area contributed by atoms with Gasteiger partial charge in [-0.25, -0.2) is 0 Å². The Kier molecular flexibility index (Phi) is 4.42. The van der Waals surface area contributed by atoms with E-state index in [1.165, 1.54) is 23.1 Å². The molecule has 0 spiro atoms. The smallest absolute Gasteiger partial charge is 0.191 e. The molecule has 2 unspecified atom stereocenters. The van der Waals surface area contributed by atoms with E-state index in [4.69, 9.17) is 0 Å². The van der Waals surface area contributed by atoms with Gasteiger partial charge in [-0.3, -0.25) is 4.99 Å². The third-order valence-corrected chi connectivity index (χ3v) is 4.11. The normalized spacial score (nSPS) is 20.5. The number of guanidine groups is 1. The fourth-order valence-electron chi connectivity index (χ4n) is 2.80. The molecular weight excluding hydrogens is 270 g/mol. The molecule has 1 aliphatic carbocycles. The summed E-state index contributed by atoms with van der Waals surface area (Å²) >= 11 is 0. The summed E-state index contributed by atoms with van der Waals surface area (Å²) in [5.74, 6) is 1.49. The summed E-state index contributed by atoms with van der Waals surface area (Å²) in [5, 5.41) is 6.91. The number of hydrogen-bond donors (Lipinski definition) is 2. The highest BCUT2D eigenvalue weighted by Crippen LogP contribution is 2.40. The molecular formula is C19H23N3. The van der Waals surface area contributed by atoms with Gasteiger partial charge in [0, 0.05) is 25.6 Å². The van der Waals surface area contributed by atoms with E-state index >= 15 is 0 Å². The lowest BCUT2D eigenvalue weighted by Crippen LogP contribution is -2.38. The number of hydrogen-bond acceptors (Lipinski definition) is 1. The first kappa shape index (κ1) is 14.6. The monoisotopic (exact) mass is 293 g/mol. The Bertz CT molecular complexity index is 649. The predicted octanol–water partition coefficient (Wildman–Crippen LogP) is 3.22. The zero-order valence-corrected chi connectivity index (χ0v) is 13.2. The molecule has 2 aromatic rings. The van der Waals surface area contributed by atoms with Crippen molar-refractivity contribution in [3.8, 4) is 0 Å². The predicted molar refractivity (Wildman–Crippen MR) is 92.1 cm³/mol. The Morgan fingerprint density at radius 2 is 1.95 bits per heavy atom. The van der Waals surface area contributed by atoms with E-state index in [1.807, 2.05) is 7.05 Å². The van der Waals surface area contributed by atoms with E-state index in [-0.39, 0.29) is 0 Å². The first-order chi connectivity index (χ1) is 10.8. The highest BCUT2D eigenvalue weighted by Gasteiger charge is 2.38. The third-order valence-electron chi connectivity index (χ3n) is 4.11. The first-order valence-corrected chi connectivity index (χ1v) is 7.84. The van der Waals surface area contributed by atoms with Crippen LogP contribution in [-0.2, 0) is 6.54 Å². The van der Waals surface area contributed by atoms with Crippen molar-refractivity contribution in [3.63, 3.8) is 0 Å². The summed E-state index contributed by atoms with van der Waals surface area (Å²) in [4.78, 5) is 4.33. The zero-order chi connectivity index (χ0) is 15.4. The van der Waals surface area contributed by atoms with E-state index in [9.17, 15) is 0 Å². The molecule has 3 nitrogen and oxygen atoms in total. The topological polar surface area (TPSA) is 36.4 Å². The summed E-state index contributed by atoms with van der Waals surface area (Å²) < 4.78 is 0. The van der Waals surface area contributed by atoms with Crippen molar-refractivity contribution in [2.24, 2.45) is 4.99 Å². The SMILES string of the molecule is CN=C(NCc1cccc(C)c1)NC1CC1c1ccccc1. The highest BCUT2D eigenvalue weighted by atomic mass is 15.2.